The van der Waals surface area contributed by atoms with Gasteiger partial charge in [-0.25, -0.2) is 0 Å². The first-order chi connectivity index (χ1) is 9.90. The molecule has 3 N–H and O–H groups in total. The number of ether oxygens (including phenoxy) is 1. The molecule has 21 heavy (non-hydrogen) atoms. The molecule has 0 aliphatic heterocycles. The predicted octanol–water partition coefficient (Wildman–Crippen LogP) is 2.30. The summed E-state index contributed by atoms with van der Waals surface area (Å²) in [6.45, 7) is 4.13. The van der Waals surface area contributed by atoms with Crippen LogP contribution in [-0.2, 0) is 4.79 Å². The molecule has 0 aliphatic carbocycles. The number of carbonyl (C=O) groups is 1. The van der Waals surface area contributed by atoms with Gasteiger partial charge >= 0.3 is 5.97 Å². The van der Waals surface area contributed by atoms with E-state index in [-0.39, 0.29) is 18.4 Å². The zero-order valence-electron chi connectivity index (χ0n) is 13.1. The molecule has 1 aromatic carbocycles. The summed E-state index contributed by atoms with van der Waals surface area (Å²) >= 11 is 0. The normalized spacial score (nSPS) is 14.0. The molecule has 0 heterocycles. The number of aliphatic carboxylic acids is 1. The van der Waals surface area contributed by atoms with Crippen molar-refractivity contribution in [3.8, 4) is 5.75 Å². The molecular weight excluding hydrogens is 270 g/mol. The Labute approximate surface area is 125 Å². The number of hydrogen-bond acceptors (Lipinski definition) is 4. The standard InChI is InChI=1S/C16H25NO4/c1-10(2)12-9-11(5-7-14(12)21-4)16(20)13(17-3)6-8-15(18)19/h5,7,9-10,13,16-17,20H,6,8H2,1-4H3,(H,18,19). The average Bonchev–Trinajstić information content (AvgIpc) is 2.46. The van der Waals surface area contributed by atoms with Crippen LogP contribution < -0.4 is 10.1 Å². The first-order valence-corrected chi connectivity index (χ1v) is 7.15. The van der Waals surface area contributed by atoms with Gasteiger partial charge in [-0.05, 0) is 42.6 Å². The predicted molar refractivity (Wildman–Crippen MR) is 81.8 cm³/mol. The first kappa shape index (κ1) is 17.5. The van der Waals surface area contributed by atoms with E-state index in [2.05, 4.69) is 19.2 Å². The molecule has 1 aromatic rings. The van der Waals surface area contributed by atoms with Gasteiger partial charge in [-0.2, -0.15) is 0 Å². The molecular formula is C16H25NO4. The highest BCUT2D eigenvalue weighted by Gasteiger charge is 2.21. The lowest BCUT2D eigenvalue weighted by atomic mass is 9.93. The fourth-order valence-corrected chi connectivity index (χ4v) is 2.36. The van der Waals surface area contributed by atoms with Crippen LogP contribution in [-0.4, -0.2) is 36.4 Å². The van der Waals surface area contributed by atoms with E-state index < -0.39 is 12.1 Å². The van der Waals surface area contributed by atoms with Gasteiger partial charge in [-0.3, -0.25) is 4.79 Å². The topological polar surface area (TPSA) is 78.8 Å². The first-order valence-electron chi connectivity index (χ1n) is 7.15. The van der Waals surface area contributed by atoms with Crippen molar-refractivity contribution in [3.63, 3.8) is 0 Å². The molecule has 0 amide bonds. The van der Waals surface area contributed by atoms with Crippen LogP contribution in [0.5, 0.6) is 5.75 Å². The van der Waals surface area contributed by atoms with Crippen LogP contribution in [0, 0.1) is 0 Å². The third kappa shape index (κ3) is 4.72. The fraction of sp³-hybridized carbons (Fsp3) is 0.562. The Kier molecular flexibility index (Phi) is 6.65. The van der Waals surface area contributed by atoms with E-state index in [1.165, 1.54) is 0 Å². The second-order valence-electron chi connectivity index (χ2n) is 5.43. The number of methoxy groups -OCH3 is 1. The molecule has 0 bridgehead atoms. The highest BCUT2D eigenvalue weighted by Crippen LogP contribution is 2.30. The lowest BCUT2D eigenvalue weighted by Gasteiger charge is -2.24. The van der Waals surface area contributed by atoms with E-state index in [9.17, 15) is 9.90 Å². The van der Waals surface area contributed by atoms with Crippen LogP contribution in [0.3, 0.4) is 0 Å². The molecule has 0 saturated heterocycles. The third-order valence-corrected chi connectivity index (χ3v) is 3.64. The molecule has 118 valence electrons. The quantitative estimate of drug-likeness (QED) is 0.686. The molecule has 0 spiro atoms. The Morgan fingerprint density at radius 3 is 2.52 bits per heavy atom. The zero-order chi connectivity index (χ0) is 16.0. The molecule has 1 rings (SSSR count). The van der Waals surface area contributed by atoms with E-state index in [4.69, 9.17) is 9.84 Å². The summed E-state index contributed by atoms with van der Waals surface area (Å²) in [4.78, 5) is 10.7. The minimum atomic E-state index is -0.861. The van der Waals surface area contributed by atoms with E-state index in [1.807, 2.05) is 18.2 Å². The molecule has 0 radical (unpaired) electrons. The largest absolute Gasteiger partial charge is 0.496 e. The molecule has 0 aliphatic rings. The number of aliphatic hydroxyl groups excluding tert-OH is 1. The van der Waals surface area contributed by atoms with Crippen molar-refractivity contribution in [1.29, 1.82) is 0 Å². The summed E-state index contributed by atoms with van der Waals surface area (Å²) in [5.41, 5.74) is 1.80. The summed E-state index contributed by atoms with van der Waals surface area (Å²) in [6.07, 6.45) is -0.357. The lowest BCUT2D eigenvalue weighted by molar-refractivity contribution is -0.137. The van der Waals surface area contributed by atoms with Gasteiger partial charge in [0.2, 0.25) is 0 Å². The number of likely N-dealkylation sites (N-methyl/N-ethyl adjacent to an activating group) is 1. The molecule has 2 unspecified atom stereocenters. The Morgan fingerprint density at radius 2 is 2.05 bits per heavy atom. The van der Waals surface area contributed by atoms with Gasteiger partial charge in [-0.15, -0.1) is 0 Å². The highest BCUT2D eigenvalue weighted by atomic mass is 16.5. The van der Waals surface area contributed by atoms with Crippen molar-refractivity contribution >= 4 is 5.97 Å². The van der Waals surface area contributed by atoms with E-state index >= 15 is 0 Å². The molecule has 0 aromatic heterocycles. The van der Waals surface area contributed by atoms with Gasteiger partial charge in [0.15, 0.2) is 0 Å². The summed E-state index contributed by atoms with van der Waals surface area (Å²) in [6, 6.07) is 5.30. The smallest absolute Gasteiger partial charge is 0.303 e. The minimum absolute atomic E-state index is 0.0236. The van der Waals surface area contributed by atoms with Crippen molar-refractivity contribution in [2.45, 2.75) is 44.8 Å². The molecule has 0 saturated carbocycles. The van der Waals surface area contributed by atoms with Crippen LogP contribution in [0.4, 0.5) is 0 Å². The van der Waals surface area contributed by atoms with Gasteiger partial charge in [-0.1, -0.05) is 19.9 Å². The lowest BCUT2D eigenvalue weighted by Crippen LogP contribution is -2.32. The van der Waals surface area contributed by atoms with Crippen LogP contribution in [0.2, 0.25) is 0 Å². The van der Waals surface area contributed by atoms with Crippen LogP contribution in [0.1, 0.15) is 49.8 Å². The van der Waals surface area contributed by atoms with Crippen LogP contribution in [0.15, 0.2) is 18.2 Å². The average molecular weight is 295 g/mol. The number of rotatable bonds is 8. The number of benzene rings is 1. The summed E-state index contributed by atoms with van der Waals surface area (Å²) in [5, 5.41) is 22.2. The van der Waals surface area contributed by atoms with Crippen molar-refractivity contribution in [2.24, 2.45) is 0 Å². The second kappa shape index (κ2) is 8.00. The number of aliphatic hydroxyl groups is 1. The van der Waals surface area contributed by atoms with Crippen LogP contribution >= 0.6 is 0 Å². The number of carboxylic acid groups (broad SMARTS) is 1. The van der Waals surface area contributed by atoms with Crippen molar-refractivity contribution in [2.75, 3.05) is 14.2 Å². The molecule has 0 fully saturated rings. The molecule has 2 atom stereocenters. The summed E-state index contributed by atoms with van der Waals surface area (Å²) in [5.74, 6) is 0.215. The number of hydrogen-bond donors (Lipinski definition) is 3. The Balaban J connectivity index is 2.97. The van der Waals surface area contributed by atoms with E-state index in [1.54, 1.807) is 14.2 Å². The Morgan fingerprint density at radius 1 is 1.38 bits per heavy atom. The molecule has 5 nitrogen and oxygen atoms in total. The Hall–Kier alpha value is -1.59. The maximum absolute atomic E-state index is 10.7. The van der Waals surface area contributed by atoms with Gasteiger partial charge in [0.1, 0.15) is 5.75 Å². The van der Waals surface area contributed by atoms with Crippen molar-refractivity contribution < 1.29 is 19.7 Å². The highest BCUT2D eigenvalue weighted by molar-refractivity contribution is 5.66. The number of carboxylic acids is 1. The van der Waals surface area contributed by atoms with Gasteiger partial charge < -0.3 is 20.3 Å². The third-order valence-electron chi connectivity index (χ3n) is 3.64. The maximum Gasteiger partial charge on any atom is 0.303 e. The second-order valence-corrected chi connectivity index (χ2v) is 5.43. The Bertz CT molecular complexity index is 473. The van der Waals surface area contributed by atoms with Crippen LogP contribution in [0.25, 0.3) is 0 Å². The monoisotopic (exact) mass is 295 g/mol. The van der Waals surface area contributed by atoms with Crippen molar-refractivity contribution in [3.05, 3.63) is 29.3 Å². The minimum Gasteiger partial charge on any atom is -0.496 e. The van der Waals surface area contributed by atoms with E-state index in [0.29, 0.717) is 6.42 Å². The van der Waals surface area contributed by atoms with Crippen molar-refractivity contribution in [1.82, 2.24) is 5.32 Å². The summed E-state index contributed by atoms with van der Waals surface area (Å²) in [7, 11) is 3.35. The van der Waals surface area contributed by atoms with Gasteiger partial charge in [0.05, 0.1) is 13.2 Å². The molecule has 5 heteroatoms. The fourth-order valence-electron chi connectivity index (χ4n) is 2.36. The number of nitrogens with one attached hydrogen (secondary N) is 1. The van der Waals surface area contributed by atoms with E-state index in [0.717, 1.165) is 16.9 Å². The van der Waals surface area contributed by atoms with Gasteiger partial charge in [0, 0.05) is 12.5 Å². The maximum atomic E-state index is 10.7. The zero-order valence-corrected chi connectivity index (χ0v) is 13.1. The van der Waals surface area contributed by atoms with Gasteiger partial charge in [0.25, 0.3) is 0 Å². The summed E-state index contributed by atoms with van der Waals surface area (Å²) < 4.78 is 5.33. The SMILES string of the molecule is CNC(CCC(=O)O)C(O)c1ccc(OC)c(C(C)C)c1.